The van der Waals surface area contributed by atoms with Crippen LogP contribution >= 0.6 is 0 Å². The number of hydrogen-bond donors (Lipinski definition) is 1. The molecule has 1 saturated heterocycles. The highest BCUT2D eigenvalue weighted by Gasteiger charge is 2.51. The zero-order chi connectivity index (χ0) is 20.3. The third-order valence-corrected chi connectivity index (χ3v) is 4.92. The summed E-state index contributed by atoms with van der Waals surface area (Å²) in [5.74, 6) is -2.24. The van der Waals surface area contributed by atoms with Crippen molar-refractivity contribution in [3.05, 3.63) is 59.9 Å². The van der Waals surface area contributed by atoms with Crippen LogP contribution in [-0.4, -0.2) is 61.7 Å². The Morgan fingerprint density at radius 1 is 1.21 bits per heavy atom. The number of pyridine rings is 1. The van der Waals surface area contributed by atoms with Crippen molar-refractivity contribution in [3.8, 4) is 5.75 Å². The minimum absolute atomic E-state index is 0.347. The van der Waals surface area contributed by atoms with E-state index in [9.17, 15) is 14.4 Å². The number of likely N-dealkylation sites (tertiary alicyclic amines) is 1. The van der Waals surface area contributed by atoms with Crippen molar-refractivity contribution < 1.29 is 24.0 Å². The maximum absolute atomic E-state index is 13.3. The van der Waals surface area contributed by atoms with E-state index in [0.717, 1.165) is 4.90 Å². The molecule has 0 saturated carbocycles. The number of carbonyl (C=O) groups excluding carboxylic acids is 3. The molecule has 1 aliphatic rings. The van der Waals surface area contributed by atoms with E-state index in [2.05, 4.69) is 4.98 Å². The van der Waals surface area contributed by atoms with Crippen LogP contribution in [0.15, 0.2) is 48.8 Å². The van der Waals surface area contributed by atoms with Crippen LogP contribution in [0.4, 0.5) is 0 Å². The van der Waals surface area contributed by atoms with Crippen molar-refractivity contribution in [1.29, 1.82) is 0 Å². The van der Waals surface area contributed by atoms with Crippen molar-refractivity contribution in [2.24, 2.45) is 5.92 Å². The van der Waals surface area contributed by atoms with Crippen LogP contribution in [0.1, 0.15) is 22.0 Å². The summed E-state index contributed by atoms with van der Waals surface area (Å²) in [6.45, 7) is 1.05. The number of hydrogen-bond acceptors (Lipinski definition) is 5. The van der Waals surface area contributed by atoms with E-state index in [-0.39, 0.29) is 5.78 Å². The smallest absolute Gasteiger partial charge is 0.291 e. The van der Waals surface area contributed by atoms with Gasteiger partial charge in [-0.1, -0.05) is 18.2 Å². The molecule has 2 heterocycles. The third kappa shape index (κ3) is 3.80. The lowest BCUT2D eigenvalue weighted by molar-refractivity contribution is -0.857. The molecule has 2 atom stereocenters. The minimum Gasteiger partial charge on any atom is -0.497 e. The first-order valence-electron chi connectivity index (χ1n) is 9.16. The van der Waals surface area contributed by atoms with E-state index in [4.69, 9.17) is 4.74 Å². The van der Waals surface area contributed by atoms with Gasteiger partial charge >= 0.3 is 0 Å². The molecule has 0 aliphatic carbocycles. The molecular weight excluding hydrogens is 358 g/mol. The molecule has 0 radical (unpaired) electrons. The van der Waals surface area contributed by atoms with Crippen LogP contribution in [0, 0.1) is 5.92 Å². The molecule has 2 unspecified atom stereocenters. The molecule has 1 amide bonds. The lowest BCUT2D eigenvalue weighted by Gasteiger charge is -2.27. The van der Waals surface area contributed by atoms with Gasteiger partial charge in [0.05, 0.1) is 40.3 Å². The summed E-state index contributed by atoms with van der Waals surface area (Å²) in [7, 11) is 5.46. The molecule has 0 spiro atoms. The number of nitrogens with zero attached hydrogens (tertiary/aromatic N) is 2. The number of benzene rings is 1. The van der Waals surface area contributed by atoms with Crippen molar-refractivity contribution in [2.45, 2.75) is 6.04 Å². The van der Waals surface area contributed by atoms with Gasteiger partial charge in [0, 0.05) is 18.0 Å². The number of nitrogens with one attached hydrogen (secondary N) is 1. The molecule has 1 aromatic heterocycles. The molecule has 1 aromatic carbocycles. The van der Waals surface area contributed by atoms with Crippen LogP contribution < -0.4 is 9.64 Å². The van der Waals surface area contributed by atoms with Gasteiger partial charge in [-0.3, -0.25) is 19.4 Å². The number of ether oxygens (including phenoxy) is 1. The molecule has 3 rings (SSSR count). The Bertz CT molecular complexity index is 882. The monoisotopic (exact) mass is 382 g/mol. The molecule has 7 nitrogen and oxygen atoms in total. The zero-order valence-electron chi connectivity index (χ0n) is 16.2. The van der Waals surface area contributed by atoms with Crippen molar-refractivity contribution in [2.75, 3.05) is 34.3 Å². The molecule has 1 N–H and O–H groups in total. The van der Waals surface area contributed by atoms with Crippen molar-refractivity contribution >= 4 is 17.5 Å². The Balaban J connectivity index is 2.02. The molecule has 1 aliphatic heterocycles. The van der Waals surface area contributed by atoms with E-state index < -0.39 is 23.7 Å². The molecule has 28 heavy (non-hydrogen) atoms. The summed E-state index contributed by atoms with van der Waals surface area (Å²) < 4.78 is 5.19. The average molecular weight is 382 g/mol. The molecule has 146 valence electrons. The Kier molecular flexibility index (Phi) is 5.84. The second-order valence-electron chi connectivity index (χ2n) is 7.12. The van der Waals surface area contributed by atoms with E-state index in [1.54, 1.807) is 48.8 Å². The Morgan fingerprint density at radius 2 is 2.00 bits per heavy atom. The fourth-order valence-corrected chi connectivity index (χ4v) is 3.45. The Hall–Kier alpha value is -3.06. The number of ketones is 2. The van der Waals surface area contributed by atoms with Gasteiger partial charge in [-0.2, -0.15) is 0 Å². The van der Waals surface area contributed by atoms with Gasteiger partial charge in [0.1, 0.15) is 11.7 Å². The van der Waals surface area contributed by atoms with Gasteiger partial charge in [0.25, 0.3) is 5.91 Å². The number of aromatic nitrogens is 1. The number of quaternary nitrogens is 1. The lowest BCUT2D eigenvalue weighted by Crippen LogP contribution is -3.06. The number of Topliss-reactive ketones (excluding diaryl/α,β-unsaturated/α-hetero) is 2. The van der Waals surface area contributed by atoms with Crippen LogP contribution in [-0.2, 0) is 9.59 Å². The first-order valence-corrected chi connectivity index (χ1v) is 9.16. The predicted octanol–water partition coefficient (Wildman–Crippen LogP) is 0.186. The second kappa shape index (κ2) is 8.31. The molecular formula is C21H24N3O4+. The summed E-state index contributed by atoms with van der Waals surface area (Å²) in [5, 5.41) is 0. The van der Waals surface area contributed by atoms with Crippen molar-refractivity contribution in [1.82, 2.24) is 9.88 Å². The Morgan fingerprint density at radius 3 is 2.64 bits per heavy atom. The highest BCUT2D eigenvalue weighted by molar-refractivity contribution is 6.44. The summed E-state index contributed by atoms with van der Waals surface area (Å²) in [6, 6.07) is 9.52. The van der Waals surface area contributed by atoms with Gasteiger partial charge < -0.3 is 14.5 Å². The first kappa shape index (κ1) is 19.7. The number of methoxy groups -OCH3 is 1. The predicted molar refractivity (Wildman–Crippen MR) is 102 cm³/mol. The normalized spacial score (nSPS) is 19.4. The summed E-state index contributed by atoms with van der Waals surface area (Å²) in [5.41, 5.74) is 1.02. The second-order valence-corrected chi connectivity index (χ2v) is 7.12. The number of likely N-dealkylation sites (N-methyl/N-ethyl adjacent to an activating group) is 1. The number of rotatable bonds is 7. The van der Waals surface area contributed by atoms with Crippen molar-refractivity contribution in [3.63, 3.8) is 0 Å². The SMILES string of the molecule is COc1cccc(C(=O)C2C(=O)C(=O)N(CC[NH+](C)C)C2c2cccnc2)c1. The van der Waals surface area contributed by atoms with Gasteiger partial charge in [-0.25, -0.2) is 0 Å². The van der Waals surface area contributed by atoms with Crippen LogP contribution in [0.3, 0.4) is 0 Å². The van der Waals surface area contributed by atoms with Crippen LogP contribution in [0.5, 0.6) is 5.75 Å². The highest BCUT2D eigenvalue weighted by atomic mass is 16.5. The summed E-state index contributed by atoms with van der Waals surface area (Å²) in [4.78, 5) is 45.6. The average Bonchev–Trinajstić information content (AvgIpc) is 2.97. The molecule has 1 fully saturated rings. The lowest BCUT2D eigenvalue weighted by atomic mass is 9.87. The first-order chi connectivity index (χ1) is 13.4. The molecule has 0 bridgehead atoms. The minimum atomic E-state index is -1.10. The van der Waals surface area contributed by atoms with E-state index in [0.29, 0.717) is 30.0 Å². The fourth-order valence-electron chi connectivity index (χ4n) is 3.45. The van der Waals surface area contributed by atoms with E-state index >= 15 is 0 Å². The van der Waals surface area contributed by atoms with Crippen LogP contribution in [0.2, 0.25) is 0 Å². The third-order valence-electron chi connectivity index (χ3n) is 4.92. The van der Waals surface area contributed by atoms with Gasteiger partial charge in [-0.05, 0) is 23.8 Å². The van der Waals surface area contributed by atoms with Gasteiger partial charge in [0.2, 0.25) is 5.78 Å². The number of amides is 1. The zero-order valence-corrected chi connectivity index (χ0v) is 16.2. The summed E-state index contributed by atoms with van der Waals surface area (Å²) in [6.07, 6.45) is 3.23. The molecule has 2 aromatic rings. The maximum atomic E-state index is 13.3. The standard InChI is InChI=1S/C21H23N3O4/c1-23(2)10-11-24-18(15-7-5-9-22-13-15)17(20(26)21(24)27)19(25)14-6-4-8-16(12-14)28-3/h4-9,12-13,17-18H,10-11H2,1-3H3/p+1. The topological polar surface area (TPSA) is 81.0 Å². The Labute approximate surface area is 163 Å². The van der Waals surface area contributed by atoms with Gasteiger partial charge in [-0.15, -0.1) is 0 Å². The maximum Gasteiger partial charge on any atom is 0.291 e. The summed E-state index contributed by atoms with van der Waals surface area (Å²) >= 11 is 0. The van der Waals surface area contributed by atoms with E-state index in [1.165, 1.54) is 12.0 Å². The molecule has 7 heteroatoms. The fraction of sp³-hybridized carbons (Fsp3) is 0.333. The quantitative estimate of drug-likeness (QED) is 0.420. The number of carbonyl (C=O) groups is 3. The highest BCUT2D eigenvalue weighted by Crippen LogP contribution is 2.37. The van der Waals surface area contributed by atoms with E-state index in [1.807, 2.05) is 14.1 Å². The largest absolute Gasteiger partial charge is 0.497 e. The van der Waals surface area contributed by atoms with Crippen LogP contribution in [0.25, 0.3) is 0 Å². The van der Waals surface area contributed by atoms with Gasteiger partial charge in [0.15, 0.2) is 5.78 Å².